The fourth-order valence-electron chi connectivity index (χ4n) is 3.30. The molecule has 0 fully saturated rings. The van der Waals surface area contributed by atoms with Gasteiger partial charge in [-0.1, -0.05) is 53.5 Å². The van der Waals surface area contributed by atoms with Crippen molar-refractivity contribution in [1.82, 2.24) is 0 Å². The molecule has 0 amide bonds. The zero-order valence-electron chi connectivity index (χ0n) is 23.9. The van der Waals surface area contributed by atoms with Gasteiger partial charge in [0.15, 0.2) is 11.5 Å². The van der Waals surface area contributed by atoms with Gasteiger partial charge in [0.1, 0.15) is 5.54 Å². The summed E-state index contributed by atoms with van der Waals surface area (Å²) in [5.41, 5.74) is 5.32. The molecule has 11 heteroatoms. The Morgan fingerprint density at radius 2 is 1.46 bits per heavy atom. The number of hydrogen-bond donors (Lipinski definition) is 1. The van der Waals surface area contributed by atoms with Gasteiger partial charge in [-0.05, 0) is 36.0 Å². The first-order valence-electron chi connectivity index (χ1n) is 13.2. The van der Waals surface area contributed by atoms with Crippen molar-refractivity contribution >= 4 is 24.2 Å². The van der Waals surface area contributed by atoms with E-state index in [0.717, 1.165) is 19.3 Å². The highest BCUT2D eigenvalue weighted by Gasteiger charge is 2.36. The van der Waals surface area contributed by atoms with Crippen molar-refractivity contribution in [2.24, 2.45) is 17.6 Å². The van der Waals surface area contributed by atoms with Crippen LogP contribution in [0.1, 0.15) is 72.3 Å². The second-order valence-electron chi connectivity index (χ2n) is 10.1. The van der Waals surface area contributed by atoms with Crippen molar-refractivity contribution in [3.8, 4) is 11.5 Å². The zero-order valence-corrected chi connectivity index (χ0v) is 23.9. The van der Waals surface area contributed by atoms with Crippen LogP contribution in [0.5, 0.6) is 11.5 Å². The van der Waals surface area contributed by atoms with Gasteiger partial charge in [-0.3, -0.25) is 9.59 Å². The molecule has 0 radical (unpaired) electrons. The molecule has 220 valence electrons. The maximum Gasteiger partial charge on any atom is 0.513 e. The lowest BCUT2D eigenvalue weighted by Crippen LogP contribution is -2.51. The molecular formula is C28H43NO10. The summed E-state index contributed by atoms with van der Waals surface area (Å²) in [5, 5.41) is 0. The number of carbonyl (C=O) groups is 4. The average molecular weight is 554 g/mol. The van der Waals surface area contributed by atoms with Crippen molar-refractivity contribution in [3.63, 3.8) is 0 Å². The van der Waals surface area contributed by atoms with Gasteiger partial charge in [-0.25, -0.2) is 9.59 Å². The lowest BCUT2D eigenvalue weighted by Gasteiger charge is -2.26. The summed E-state index contributed by atoms with van der Waals surface area (Å²) < 4.78 is 30.8. The molecule has 0 unspecified atom stereocenters. The molecule has 0 bridgehead atoms. The molecule has 0 heterocycles. The third-order valence-electron chi connectivity index (χ3n) is 5.37. The molecule has 0 aliphatic carbocycles. The number of unbranched alkanes of at least 4 members (excludes halogenated alkanes) is 2. The van der Waals surface area contributed by atoms with Crippen LogP contribution < -0.4 is 15.2 Å². The number of methoxy groups -OCH3 is 1. The van der Waals surface area contributed by atoms with E-state index in [9.17, 15) is 19.2 Å². The smallest absolute Gasteiger partial charge is 0.468 e. The van der Waals surface area contributed by atoms with Crippen LogP contribution in [0.25, 0.3) is 0 Å². The molecule has 1 aromatic carbocycles. The predicted octanol–water partition coefficient (Wildman–Crippen LogP) is 4.96. The van der Waals surface area contributed by atoms with E-state index in [0.29, 0.717) is 5.56 Å². The summed E-state index contributed by atoms with van der Waals surface area (Å²) in [6, 6.07) is 4.35. The maximum absolute atomic E-state index is 12.6. The Bertz CT molecular complexity index is 946. The Hall–Kier alpha value is -3.34. The molecular weight excluding hydrogens is 510 g/mol. The number of hydrogen-bond acceptors (Lipinski definition) is 11. The predicted molar refractivity (Wildman–Crippen MR) is 142 cm³/mol. The van der Waals surface area contributed by atoms with E-state index >= 15 is 0 Å². The van der Waals surface area contributed by atoms with Gasteiger partial charge >= 0.3 is 24.2 Å². The zero-order chi connectivity index (χ0) is 29.4. The minimum Gasteiger partial charge on any atom is -0.468 e. The molecule has 1 atom stereocenters. The van der Waals surface area contributed by atoms with Crippen LogP contribution in [-0.4, -0.2) is 56.7 Å². The largest absolute Gasteiger partial charge is 0.513 e. The van der Waals surface area contributed by atoms with Gasteiger partial charge in [-0.2, -0.15) is 0 Å². The third kappa shape index (κ3) is 13.3. The van der Waals surface area contributed by atoms with E-state index in [1.54, 1.807) is 6.07 Å². The van der Waals surface area contributed by atoms with Gasteiger partial charge in [0.05, 0.1) is 26.9 Å². The van der Waals surface area contributed by atoms with E-state index in [-0.39, 0.29) is 68.4 Å². The summed E-state index contributed by atoms with van der Waals surface area (Å²) in [4.78, 5) is 48.9. The third-order valence-corrected chi connectivity index (χ3v) is 5.37. The summed E-state index contributed by atoms with van der Waals surface area (Å²) in [6.07, 6.45) is 0.881. The first-order chi connectivity index (χ1) is 18.4. The quantitative estimate of drug-likeness (QED) is 0.128. The van der Waals surface area contributed by atoms with Crippen molar-refractivity contribution in [2.75, 3.05) is 26.9 Å². The van der Waals surface area contributed by atoms with E-state index in [1.165, 1.54) is 19.2 Å². The fraction of sp³-hybridized carbons (Fsp3) is 0.643. The molecule has 0 aliphatic heterocycles. The highest BCUT2D eigenvalue weighted by atomic mass is 16.7. The van der Waals surface area contributed by atoms with Crippen LogP contribution in [0.4, 0.5) is 9.59 Å². The van der Waals surface area contributed by atoms with Crippen LogP contribution in [-0.2, 0) is 35.0 Å². The van der Waals surface area contributed by atoms with Crippen LogP contribution in [0.15, 0.2) is 18.2 Å². The van der Waals surface area contributed by atoms with E-state index in [2.05, 4.69) is 0 Å². The van der Waals surface area contributed by atoms with Crippen molar-refractivity contribution in [3.05, 3.63) is 23.8 Å². The number of carbonyl (C=O) groups excluding carboxylic acids is 4. The van der Waals surface area contributed by atoms with E-state index in [4.69, 9.17) is 34.2 Å². The van der Waals surface area contributed by atoms with Gasteiger partial charge in [0, 0.05) is 19.3 Å². The van der Waals surface area contributed by atoms with Gasteiger partial charge in [0.25, 0.3) is 0 Å². The molecule has 0 spiro atoms. The monoisotopic (exact) mass is 553 g/mol. The minimum absolute atomic E-state index is 0.00834. The topological polar surface area (TPSA) is 150 Å². The minimum atomic E-state index is -1.55. The number of ether oxygens (including phenoxy) is 6. The summed E-state index contributed by atoms with van der Waals surface area (Å²) >= 11 is 0. The van der Waals surface area contributed by atoms with Crippen LogP contribution in [0, 0.1) is 11.8 Å². The fourth-order valence-corrected chi connectivity index (χ4v) is 3.30. The van der Waals surface area contributed by atoms with Crippen LogP contribution in [0.2, 0.25) is 0 Å². The number of nitrogens with two attached hydrogens (primary N) is 1. The lowest BCUT2D eigenvalue weighted by atomic mass is 9.88. The first-order valence-corrected chi connectivity index (χ1v) is 13.2. The molecule has 1 rings (SSSR count). The molecule has 1 aromatic rings. The first kappa shape index (κ1) is 33.7. The Kier molecular flexibility index (Phi) is 14.9. The molecule has 0 aliphatic rings. The highest BCUT2D eigenvalue weighted by molar-refractivity contribution is 5.81. The van der Waals surface area contributed by atoms with Gasteiger partial charge in [0.2, 0.25) is 0 Å². The average Bonchev–Trinajstić information content (AvgIpc) is 2.87. The summed E-state index contributed by atoms with van der Waals surface area (Å²) in [6.45, 7) is 9.69. The normalized spacial score (nSPS) is 12.4. The highest BCUT2D eigenvalue weighted by Crippen LogP contribution is 2.31. The second kappa shape index (κ2) is 17.3. The van der Waals surface area contributed by atoms with Crippen molar-refractivity contribution in [1.29, 1.82) is 0 Å². The number of rotatable bonds is 16. The summed E-state index contributed by atoms with van der Waals surface area (Å²) in [7, 11) is 1.21. The summed E-state index contributed by atoms with van der Waals surface area (Å²) in [5.74, 6) is -1.12. The maximum atomic E-state index is 12.6. The molecule has 0 saturated heterocycles. The Balaban J connectivity index is 3.09. The Labute approximate surface area is 230 Å². The molecule has 2 N–H and O–H groups in total. The standard InChI is InChI=1S/C28H43NO10/c1-7-8-9-10-24(30)35-14-13-28(29,25(31)34-6)16-21-11-12-22(38-26(32)36-17-19(2)3)23(15-21)39-27(33)37-18-20(4)5/h11-12,15,19-20H,7-10,13-14,16-18,29H2,1-6H3/t28-/m1/s1. The Morgan fingerprint density at radius 1 is 0.872 bits per heavy atom. The van der Waals surface area contributed by atoms with E-state index in [1.807, 2.05) is 34.6 Å². The molecule has 11 nitrogen and oxygen atoms in total. The molecule has 0 aromatic heterocycles. The van der Waals surface area contributed by atoms with Gasteiger partial charge < -0.3 is 34.2 Å². The SMILES string of the molecule is CCCCCC(=O)OCC[C@@](N)(Cc1ccc(OC(=O)OCC(C)C)c(OC(=O)OCC(C)C)c1)C(=O)OC. The van der Waals surface area contributed by atoms with Crippen LogP contribution in [0.3, 0.4) is 0 Å². The van der Waals surface area contributed by atoms with Crippen molar-refractivity contribution in [2.45, 2.75) is 78.7 Å². The van der Waals surface area contributed by atoms with Crippen molar-refractivity contribution < 1.29 is 47.6 Å². The molecule has 0 saturated carbocycles. The van der Waals surface area contributed by atoms with Gasteiger partial charge in [-0.15, -0.1) is 0 Å². The Morgan fingerprint density at radius 3 is 2.00 bits per heavy atom. The number of benzene rings is 1. The lowest BCUT2D eigenvalue weighted by molar-refractivity contribution is -0.151. The van der Waals surface area contributed by atoms with Crippen LogP contribution >= 0.6 is 0 Å². The van der Waals surface area contributed by atoms with E-state index < -0.39 is 23.8 Å². The molecule has 39 heavy (non-hydrogen) atoms. The number of esters is 2. The second-order valence-corrected chi connectivity index (χ2v) is 10.1.